The molecule has 16 heavy (non-hydrogen) atoms. The summed E-state index contributed by atoms with van der Waals surface area (Å²) in [5.74, 6) is -4.54. The smallest absolute Gasteiger partial charge is 0.293 e. The summed E-state index contributed by atoms with van der Waals surface area (Å²) in [5, 5.41) is 1.59. The van der Waals surface area contributed by atoms with Crippen LogP contribution in [0.3, 0.4) is 0 Å². The maximum Gasteiger partial charge on any atom is 0.330 e. The van der Waals surface area contributed by atoms with Crippen LogP contribution in [-0.2, 0) is 10.7 Å². The zero-order chi connectivity index (χ0) is 11.8. The van der Waals surface area contributed by atoms with Gasteiger partial charge in [-0.25, -0.2) is 0 Å². The van der Waals surface area contributed by atoms with Gasteiger partial charge in [0.15, 0.2) is 0 Å². The first-order valence-electron chi connectivity index (χ1n) is 4.90. The number of hydrogen-bond donors (Lipinski definition) is 0. The Hall–Kier alpha value is -1.77. The molecule has 0 aliphatic heterocycles. The van der Waals surface area contributed by atoms with Gasteiger partial charge in [-0.1, -0.05) is 36.4 Å². The monoisotopic (exact) mass is 220 g/mol. The number of ketones is 1. The Balaban J connectivity index is 2.59. The molecule has 0 saturated heterocycles. The van der Waals surface area contributed by atoms with Crippen LogP contribution < -0.4 is 0 Å². The molecule has 3 heteroatoms. The average Bonchev–Trinajstić information content (AvgIpc) is 2.28. The highest BCUT2D eigenvalue weighted by Gasteiger charge is 2.37. The minimum absolute atomic E-state index is 0.251. The van der Waals surface area contributed by atoms with Gasteiger partial charge < -0.3 is 0 Å². The number of benzene rings is 2. The normalized spacial score (nSPS) is 11.7. The number of hydrogen-bond acceptors (Lipinski definition) is 1. The SMILES string of the molecule is CC(=O)C(F)(F)c1ccc2ccccc2c1. The van der Waals surface area contributed by atoms with Crippen LogP contribution in [0.4, 0.5) is 8.78 Å². The van der Waals surface area contributed by atoms with Crippen molar-refractivity contribution in [2.45, 2.75) is 12.8 Å². The molecule has 1 nitrogen and oxygen atoms in total. The van der Waals surface area contributed by atoms with Crippen molar-refractivity contribution in [2.24, 2.45) is 0 Å². The van der Waals surface area contributed by atoms with Crippen molar-refractivity contribution in [3.8, 4) is 0 Å². The van der Waals surface area contributed by atoms with Gasteiger partial charge in [0.1, 0.15) is 0 Å². The van der Waals surface area contributed by atoms with Gasteiger partial charge in [-0.2, -0.15) is 8.78 Å². The molecule has 0 N–H and O–H groups in total. The maximum atomic E-state index is 13.5. The summed E-state index contributed by atoms with van der Waals surface area (Å²) in [7, 11) is 0. The second-order valence-corrected chi connectivity index (χ2v) is 3.69. The Kier molecular flexibility index (Phi) is 2.46. The van der Waals surface area contributed by atoms with E-state index in [9.17, 15) is 13.6 Å². The van der Waals surface area contributed by atoms with Crippen LogP contribution in [0.25, 0.3) is 10.8 Å². The average molecular weight is 220 g/mol. The van der Waals surface area contributed by atoms with E-state index in [4.69, 9.17) is 0 Å². The minimum Gasteiger partial charge on any atom is -0.293 e. The van der Waals surface area contributed by atoms with Gasteiger partial charge in [-0.15, -0.1) is 0 Å². The van der Waals surface area contributed by atoms with Crippen LogP contribution in [0.1, 0.15) is 12.5 Å². The summed E-state index contributed by atoms with van der Waals surface area (Å²) in [6.45, 7) is 0.898. The molecule has 0 aliphatic carbocycles. The van der Waals surface area contributed by atoms with Crippen LogP contribution in [0.5, 0.6) is 0 Å². The van der Waals surface area contributed by atoms with Crippen molar-refractivity contribution >= 4 is 16.6 Å². The number of Topliss-reactive ketones (excluding diaryl/α,β-unsaturated/α-hetero) is 1. The van der Waals surface area contributed by atoms with Crippen LogP contribution in [0.2, 0.25) is 0 Å². The van der Waals surface area contributed by atoms with E-state index in [0.717, 1.165) is 12.3 Å². The lowest BCUT2D eigenvalue weighted by Crippen LogP contribution is -2.22. The quantitative estimate of drug-likeness (QED) is 0.756. The van der Waals surface area contributed by atoms with Crippen LogP contribution in [-0.4, -0.2) is 5.78 Å². The Morgan fingerprint density at radius 3 is 2.31 bits per heavy atom. The fourth-order valence-electron chi connectivity index (χ4n) is 1.59. The van der Waals surface area contributed by atoms with Crippen molar-refractivity contribution in [3.05, 3.63) is 48.0 Å². The van der Waals surface area contributed by atoms with Crippen LogP contribution in [0.15, 0.2) is 42.5 Å². The molecule has 0 unspecified atom stereocenters. The predicted molar refractivity (Wildman–Crippen MR) is 58.5 cm³/mol. The second kappa shape index (κ2) is 3.67. The van der Waals surface area contributed by atoms with Crippen molar-refractivity contribution in [3.63, 3.8) is 0 Å². The molecule has 82 valence electrons. The lowest BCUT2D eigenvalue weighted by molar-refractivity contribution is -0.141. The van der Waals surface area contributed by atoms with Crippen molar-refractivity contribution in [1.29, 1.82) is 0 Å². The predicted octanol–water partition coefficient (Wildman–Crippen LogP) is 3.52. The summed E-state index contributed by atoms with van der Waals surface area (Å²) in [6.07, 6.45) is 0. The first-order chi connectivity index (χ1) is 7.51. The summed E-state index contributed by atoms with van der Waals surface area (Å²) < 4.78 is 26.9. The summed E-state index contributed by atoms with van der Waals surface area (Å²) in [6, 6.07) is 11.4. The van der Waals surface area contributed by atoms with E-state index in [1.165, 1.54) is 12.1 Å². The van der Waals surface area contributed by atoms with E-state index in [2.05, 4.69) is 0 Å². The van der Waals surface area contributed by atoms with E-state index in [1.807, 2.05) is 12.1 Å². The van der Waals surface area contributed by atoms with Gasteiger partial charge in [0, 0.05) is 12.5 Å². The highest BCUT2D eigenvalue weighted by molar-refractivity contribution is 5.88. The first-order valence-corrected chi connectivity index (χ1v) is 4.90. The molecule has 0 saturated carbocycles. The molecule has 0 amide bonds. The molecule has 0 aliphatic rings. The van der Waals surface area contributed by atoms with Gasteiger partial charge in [0.05, 0.1) is 0 Å². The molecule has 0 bridgehead atoms. The Morgan fingerprint density at radius 1 is 1.06 bits per heavy atom. The number of rotatable bonds is 2. The molecule has 0 spiro atoms. The molecule has 0 radical (unpaired) electrons. The summed E-state index contributed by atoms with van der Waals surface area (Å²) in [5.41, 5.74) is -0.251. The number of carbonyl (C=O) groups is 1. The Morgan fingerprint density at radius 2 is 1.69 bits per heavy atom. The van der Waals surface area contributed by atoms with Crippen molar-refractivity contribution < 1.29 is 13.6 Å². The largest absolute Gasteiger partial charge is 0.330 e. The third-order valence-electron chi connectivity index (χ3n) is 2.55. The lowest BCUT2D eigenvalue weighted by atomic mass is 10.0. The van der Waals surface area contributed by atoms with Gasteiger partial charge >= 0.3 is 5.92 Å². The summed E-state index contributed by atoms with van der Waals surface area (Å²) >= 11 is 0. The molecule has 2 rings (SSSR count). The number of carbonyl (C=O) groups excluding carboxylic acids is 1. The highest BCUT2D eigenvalue weighted by Crippen LogP contribution is 2.31. The van der Waals surface area contributed by atoms with Crippen molar-refractivity contribution in [1.82, 2.24) is 0 Å². The van der Waals surface area contributed by atoms with Crippen LogP contribution in [0, 0.1) is 0 Å². The lowest BCUT2D eigenvalue weighted by Gasteiger charge is -2.13. The van der Waals surface area contributed by atoms with E-state index in [-0.39, 0.29) is 5.56 Å². The maximum absolute atomic E-state index is 13.5. The highest BCUT2D eigenvalue weighted by atomic mass is 19.3. The fraction of sp³-hybridized carbons (Fsp3) is 0.154. The Bertz CT molecular complexity index is 546. The molecular weight excluding hydrogens is 210 g/mol. The summed E-state index contributed by atoms with van der Waals surface area (Å²) in [4.78, 5) is 10.9. The molecule has 0 fully saturated rings. The van der Waals surface area contributed by atoms with E-state index >= 15 is 0 Å². The standard InChI is InChI=1S/C13H10F2O/c1-9(16)13(14,15)12-7-6-10-4-2-3-5-11(10)8-12/h2-8H,1H3. The van der Waals surface area contributed by atoms with E-state index in [1.54, 1.807) is 18.2 Å². The molecule has 0 atom stereocenters. The van der Waals surface area contributed by atoms with E-state index in [0.29, 0.717) is 5.39 Å². The van der Waals surface area contributed by atoms with Crippen molar-refractivity contribution in [2.75, 3.05) is 0 Å². The van der Waals surface area contributed by atoms with Gasteiger partial charge in [0.2, 0.25) is 5.78 Å². The van der Waals surface area contributed by atoms with Gasteiger partial charge in [-0.05, 0) is 16.8 Å². The Labute approximate surface area is 91.7 Å². The zero-order valence-corrected chi connectivity index (χ0v) is 8.71. The number of alkyl halides is 2. The minimum atomic E-state index is -3.40. The van der Waals surface area contributed by atoms with Crippen LogP contribution >= 0.6 is 0 Å². The first kappa shape index (κ1) is 10.7. The molecule has 2 aromatic rings. The molecule has 2 aromatic carbocycles. The van der Waals surface area contributed by atoms with E-state index < -0.39 is 11.7 Å². The topological polar surface area (TPSA) is 17.1 Å². The fourth-order valence-corrected chi connectivity index (χ4v) is 1.59. The zero-order valence-electron chi connectivity index (χ0n) is 8.71. The van der Waals surface area contributed by atoms with Gasteiger partial charge in [0.25, 0.3) is 0 Å². The second-order valence-electron chi connectivity index (χ2n) is 3.69. The molecule has 0 aromatic heterocycles. The number of halogens is 2. The van der Waals surface area contributed by atoms with Gasteiger partial charge in [-0.3, -0.25) is 4.79 Å². The molecular formula is C13H10F2O. The molecule has 0 heterocycles. The third kappa shape index (κ3) is 1.69. The number of fused-ring (bicyclic) bond motifs is 1. The third-order valence-corrected chi connectivity index (χ3v) is 2.55.